The van der Waals surface area contributed by atoms with Crippen molar-refractivity contribution in [1.82, 2.24) is 15.0 Å². The topological polar surface area (TPSA) is 107 Å². The molecule has 0 saturated heterocycles. The minimum atomic E-state index is -0.549. The zero-order chi connectivity index (χ0) is 22.5. The molecule has 3 rings (SSSR count). The number of methoxy groups -OCH3 is 2. The highest BCUT2D eigenvalue weighted by molar-refractivity contribution is 6.04. The van der Waals surface area contributed by atoms with E-state index in [2.05, 4.69) is 20.9 Å². The predicted octanol–water partition coefficient (Wildman–Crippen LogP) is 2.94. The number of hydrogen-bond acceptors (Lipinski definition) is 6. The molecule has 0 bridgehead atoms. The average Bonchev–Trinajstić information content (AvgIpc) is 3.10. The van der Waals surface area contributed by atoms with Gasteiger partial charge in [0.15, 0.2) is 5.69 Å². The van der Waals surface area contributed by atoms with Gasteiger partial charge in [-0.15, -0.1) is 5.10 Å². The Morgan fingerprint density at radius 1 is 1.03 bits per heavy atom. The molecule has 2 amide bonds. The van der Waals surface area contributed by atoms with E-state index in [1.807, 2.05) is 0 Å². The van der Waals surface area contributed by atoms with E-state index in [-0.39, 0.29) is 12.2 Å². The van der Waals surface area contributed by atoms with Crippen LogP contribution in [0.15, 0.2) is 36.4 Å². The van der Waals surface area contributed by atoms with Crippen molar-refractivity contribution in [3.8, 4) is 11.5 Å². The zero-order valence-electron chi connectivity index (χ0n) is 17.5. The van der Waals surface area contributed by atoms with Crippen molar-refractivity contribution >= 4 is 23.2 Å². The van der Waals surface area contributed by atoms with Crippen molar-refractivity contribution in [2.75, 3.05) is 24.9 Å². The summed E-state index contributed by atoms with van der Waals surface area (Å²) in [7, 11) is 3.01. The first-order valence-electron chi connectivity index (χ1n) is 9.32. The molecule has 0 saturated carbocycles. The van der Waals surface area contributed by atoms with Crippen molar-refractivity contribution < 1.29 is 23.5 Å². The first-order chi connectivity index (χ1) is 14.8. The molecule has 0 atom stereocenters. The van der Waals surface area contributed by atoms with Gasteiger partial charge in [0.2, 0.25) is 5.91 Å². The molecule has 0 aliphatic heterocycles. The van der Waals surface area contributed by atoms with Crippen LogP contribution in [0, 0.1) is 19.7 Å². The Bertz CT molecular complexity index is 1130. The Labute approximate surface area is 178 Å². The van der Waals surface area contributed by atoms with Crippen LogP contribution in [0.5, 0.6) is 11.5 Å². The number of nitrogens with zero attached hydrogens (tertiary/aromatic N) is 3. The first kappa shape index (κ1) is 21.8. The molecule has 0 radical (unpaired) electrons. The number of aryl methyl sites for hydroxylation is 1. The number of ether oxygens (including phenoxy) is 2. The van der Waals surface area contributed by atoms with Gasteiger partial charge in [-0.05, 0) is 43.7 Å². The van der Waals surface area contributed by atoms with Gasteiger partial charge in [0.1, 0.15) is 23.9 Å². The highest BCUT2D eigenvalue weighted by Crippen LogP contribution is 2.28. The lowest BCUT2D eigenvalue weighted by atomic mass is 10.2. The largest absolute Gasteiger partial charge is 0.497 e. The van der Waals surface area contributed by atoms with Gasteiger partial charge >= 0.3 is 0 Å². The second kappa shape index (κ2) is 9.24. The van der Waals surface area contributed by atoms with Gasteiger partial charge in [-0.25, -0.2) is 9.07 Å². The minimum absolute atomic E-state index is 0.0374. The van der Waals surface area contributed by atoms with E-state index < -0.39 is 17.6 Å². The summed E-state index contributed by atoms with van der Waals surface area (Å²) in [6.07, 6.45) is 0. The van der Waals surface area contributed by atoms with Crippen LogP contribution in [0.4, 0.5) is 15.8 Å². The Morgan fingerprint density at radius 2 is 1.81 bits per heavy atom. The van der Waals surface area contributed by atoms with Crippen molar-refractivity contribution in [2.24, 2.45) is 0 Å². The molecule has 0 fully saturated rings. The molecule has 10 heteroatoms. The molecule has 1 heterocycles. The van der Waals surface area contributed by atoms with Crippen molar-refractivity contribution in [3.63, 3.8) is 0 Å². The van der Waals surface area contributed by atoms with Gasteiger partial charge in [-0.3, -0.25) is 9.59 Å². The number of rotatable bonds is 7. The van der Waals surface area contributed by atoms with Crippen LogP contribution in [0.1, 0.15) is 21.7 Å². The molecule has 162 valence electrons. The van der Waals surface area contributed by atoms with Crippen LogP contribution in [0.3, 0.4) is 0 Å². The van der Waals surface area contributed by atoms with E-state index in [1.165, 1.54) is 31.0 Å². The van der Waals surface area contributed by atoms with E-state index in [1.54, 1.807) is 38.1 Å². The molecule has 0 unspecified atom stereocenters. The lowest BCUT2D eigenvalue weighted by molar-refractivity contribution is -0.117. The average molecular weight is 427 g/mol. The fourth-order valence-corrected chi connectivity index (χ4v) is 2.87. The van der Waals surface area contributed by atoms with Gasteiger partial charge in [-0.1, -0.05) is 11.3 Å². The van der Waals surface area contributed by atoms with Crippen molar-refractivity contribution in [1.29, 1.82) is 0 Å². The summed E-state index contributed by atoms with van der Waals surface area (Å²) in [4.78, 5) is 25.1. The Kier molecular flexibility index (Phi) is 6.49. The smallest absolute Gasteiger partial charge is 0.278 e. The van der Waals surface area contributed by atoms with E-state index in [4.69, 9.17) is 9.47 Å². The number of anilines is 2. The molecule has 0 aliphatic carbocycles. The molecule has 2 N–H and O–H groups in total. The quantitative estimate of drug-likeness (QED) is 0.600. The number of amides is 2. The number of hydrogen-bond donors (Lipinski definition) is 2. The summed E-state index contributed by atoms with van der Waals surface area (Å²) >= 11 is 0. The van der Waals surface area contributed by atoms with Gasteiger partial charge in [0, 0.05) is 11.8 Å². The zero-order valence-corrected chi connectivity index (χ0v) is 17.5. The van der Waals surface area contributed by atoms with Crippen LogP contribution in [-0.2, 0) is 11.3 Å². The SMILES string of the molecule is COc1ccc(OC)c(NC(=O)Cn2nnc(C(=O)Nc3cc(F)ccc3C)c2C)c1. The first-order valence-corrected chi connectivity index (χ1v) is 9.32. The fourth-order valence-electron chi connectivity index (χ4n) is 2.87. The molecule has 0 aliphatic rings. The van der Waals surface area contributed by atoms with Crippen LogP contribution >= 0.6 is 0 Å². The normalized spacial score (nSPS) is 10.5. The molecule has 0 spiro atoms. The van der Waals surface area contributed by atoms with Crippen LogP contribution in [0.2, 0.25) is 0 Å². The van der Waals surface area contributed by atoms with Crippen LogP contribution in [0.25, 0.3) is 0 Å². The molecule has 9 nitrogen and oxygen atoms in total. The summed E-state index contributed by atoms with van der Waals surface area (Å²) in [5, 5.41) is 13.1. The summed E-state index contributed by atoms with van der Waals surface area (Å²) in [5.41, 5.74) is 1.90. The number of aromatic nitrogens is 3. The Morgan fingerprint density at radius 3 is 2.52 bits per heavy atom. The fraction of sp³-hybridized carbons (Fsp3) is 0.238. The van der Waals surface area contributed by atoms with E-state index in [0.717, 1.165) is 0 Å². The highest BCUT2D eigenvalue weighted by Gasteiger charge is 2.19. The molecular formula is C21H22FN5O4. The number of benzene rings is 2. The second-order valence-electron chi connectivity index (χ2n) is 6.71. The van der Waals surface area contributed by atoms with Crippen LogP contribution < -0.4 is 20.1 Å². The monoisotopic (exact) mass is 427 g/mol. The molecule has 1 aromatic heterocycles. The number of carbonyl (C=O) groups is 2. The van der Waals surface area contributed by atoms with Gasteiger partial charge in [0.05, 0.1) is 25.6 Å². The maximum atomic E-state index is 13.5. The molecule has 2 aromatic carbocycles. The number of nitrogens with one attached hydrogen (secondary N) is 2. The maximum Gasteiger partial charge on any atom is 0.278 e. The lowest BCUT2D eigenvalue weighted by Crippen LogP contribution is -2.21. The number of halogens is 1. The highest BCUT2D eigenvalue weighted by atomic mass is 19.1. The van der Waals surface area contributed by atoms with Gasteiger partial charge in [-0.2, -0.15) is 0 Å². The van der Waals surface area contributed by atoms with Gasteiger partial charge < -0.3 is 20.1 Å². The third-order valence-electron chi connectivity index (χ3n) is 4.62. The summed E-state index contributed by atoms with van der Waals surface area (Å²) in [6.45, 7) is 3.19. The Hall–Kier alpha value is -3.95. The third-order valence-corrected chi connectivity index (χ3v) is 4.62. The van der Waals surface area contributed by atoms with Crippen LogP contribution in [-0.4, -0.2) is 41.0 Å². The maximum absolute atomic E-state index is 13.5. The molecule has 3 aromatic rings. The molecular weight excluding hydrogens is 405 g/mol. The van der Waals surface area contributed by atoms with E-state index in [0.29, 0.717) is 34.1 Å². The Balaban J connectivity index is 1.72. The standard InChI is InChI=1S/C21H22FN5O4/c1-12-5-6-14(22)9-16(12)24-21(29)20-13(2)27(26-25-20)11-19(28)23-17-10-15(30-3)7-8-18(17)31-4/h5-10H,11H2,1-4H3,(H,23,28)(H,24,29). The van der Waals surface area contributed by atoms with Gasteiger partial charge in [0.25, 0.3) is 5.91 Å². The predicted molar refractivity (Wildman–Crippen MR) is 112 cm³/mol. The van der Waals surface area contributed by atoms with E-state index >= 15 is 0 Å². The minimum Gasteiger partial charge on any atom is -0.497 e. The van der Waals surface area contributed by atoms with E-state index in [9.17, 15) is 14.0 Å². The third kappa shape index (κ3) is 4.97. The van der Waals surface area contributed by atoms with Crippen molar-refractivity contribution in [3.05, 3.63) is 59.2 Å². The second-order valence-corrected chi connectivity index (χ2v) is 6.71. The number of carbonyl (C=O) groups excluding carboxylic acids is 2. The lowest BCUT2D eigenvalue weighted by Gasteiger charge is -2.12. The van der Waals surface area contributed by atoms with Crippen molar-refractivity contribution in [2.45, 2.75) is 20.4 Å². The summed E-state index contributed by atoms with van der Waals surface area (Å²) in [5.74, 6) is -0.389. The summed E-state index contributed by atoms with van der Waals surface area (Å²) in [6, 6.07) is 9.11. The molecule has 31 heavy (non-hydrogen) atoms. The summed E-state index contributed by atoms with van der Waals surface area (Å²) < 4.78 is 25.2.